The van der Waals surface area contributed by atoms with Gasteiger partial charge in [-0.15, -0.1) is 0 Å². The summed E-state index contributed by atoms with van der Waals surface area (Å²) < 4.78 is 23.9. The van der Waals surface area contributed by atoms with E-state index < -0.39 is 43.2 Å². The largest absolute Gasteiger partial charge is 0.480 e. The Hall–Kier alpha value is -2.14. The van der Waals surface area contributed by atoms with E-state index in [1.54, 1.807) is 0 Å². The van der Waals surface area contributed by atoms with Crippen LogP contribution in [-0.4, -0.2) is 170 Å². The van der Waals surface area contributed by atoms with Crippen molar-refractivity contribution in [3.8, 4) is 0 Å². The molecular weight excluding hydrogens is 687 g/mol. The standard InChI is InChI=1S/C37H71N5O9Si/c1-34(2,3)48-28(43)24-39-15-17-40(25-29(44)49-35(4,5)6)19-21-42(22-20-41(18-16-39)26-30(45)50-36(7,8)9)32-27(23-38-31(32)33(46)47)51-52(13,14)37(10,11)12/h27,31-32,38H,15-26H2,1-14H3,(H,46,47). The number of hydrogen-bond acceptors (Lipinski definition) is 13. The normalized spacial score (nSPS) is 23.4. The highest BCUT2D eigenvalue weighted by Crippen LogP contribution is 2.38. The summed E-state index contributed by atoms with van der Waals surface area (Å²) in [6.45, 7) is 31.3. The molecule has 0 aromatic rings. The second-order valence-corrected chi connectivity index (χ2v) is 23.5. The van der Waals surface area contributed by atoms with E-state index in [2.05, 4.69) is 44.1 Å². The van der Waals surface area contributed by atoms with Crippen LogP contribution in [0.1, 0.15) is 83.1 Å². The lowest BCUT2D eigenvalue weighted by atomic mass is 10.1. The van der Waals surface area contributed by atoms with E-state index in [1.165, 1.54) is 0 Å². The quantitative estimate of drug-likeness (QED) is 0.191. The minimum absolute atomic E-state index is 0.0331. The topological polar surface area (TPSA) is 150 Å². The minimum Gasteiger partial charge on any atom is -0.480 e. The first-order valence-corrected chi connectivity index (χ1v) is 21.7. The second kappa shape index (κ2) is 18.5. The number of carbonyl (C=O) groups is 4. The van der Waals surface area contributed by atoms with Crippen LogP contribution < -0.4 is 5.32 Å². The maximum Gasteiger partial charge on any atom is 0.322 e. The highest BCUT2D eigenvalue weighted by atomic mass is 28.4. The molecule has 3 atom stereocenters. The van der Waals surface area contributed by atoms with Crippen molar-refractivity contribution in [2.24, 2.45) is 0 Å². The van der Waals surface area contributed by atoms with Gasteiger partial charge in [0.2, 0.25) is 0 Å². The number of carbonyl (C=O) groups excluding carboxylic acids is 3. The molecule has 0 spiro atoms. The Morgan fingerprint density at radius 3 is 1.23 bits per heavy atom. The zero-order valence-electron chi connectivity index (χ0n) is 34.7. The van der Waals surface area contributed by atoms with Gasteiger partial charge in [0.1, 0.15) is 22.8 Å². The lowest BCUT2D eigenvalue weighted by Gasteiger charge is -2.43. The molecule has 52 heavy (non-hydrogen) atoms. The first-order valence-electron chi connectivity index (χ1n) is 18.8. The molecule has 302 valence electrons. The molecule has 2 aliphatic rings. The van der Waals surface area contributed by atoms with E-state index in [1.807, 2.05) is 77.0 Å². The monoisotopic (exact) mass is 758 g/mol. The van der Waals surface area contributed by atoms with Crippen molar-refractivity contribution in [1.29, 1.82) is 0 Å². The lowest BCUT2D eigenvalue weighted by Crippen LogP contribution is -2.58. The summed E-state index contributed by atoms with van der Waals surface area (Å²) in [5.74, 6) is -2.03. The number of esters is 3. The smallest absolute Gasteiger partial charge is 0.322 e. The molecule has 0 aromatic heterocycles. The van der Waals surface area contributed by atoms with Gasteiger partial charge in [-0.2, -0.15) is 0 Å². The number of nitrogens with zero attached hydrogens (tertiary/aromatic N) is 4. The molecule has 0 saturated carbocycles. The third kappa shape index (κ3) is 16.5. The molecule has 2 rings (SSSR count). The minimum atomic E-state index is -2.29. The fraction of sp³-hybridized carbons (Fsp3) is 0.892. The third-order valence-corrected chi connectivity index (χ3v) is 13.9. The van der Waals surface area contributed by atoms with Crippen molar-refractivity contribution in [2.75, 3.05) is 78.5 Å². The van der Waals surface area contributed by atoms with Crippen molar-refractivity contribution < 1.29 is 42.9 Å². The van der Waals surface area contributed by atoms with E-state index in [4.69, 9.17) is 18.6 Å². The van der Waals surface area contributed by atoms with Crippen molar-refractivity contribution in [3.63, 3.8) is 0 Å². The Bertz CT molecular complexity index is 1160. The SMILES string of the molecule is CC(C)(C)OC(=O)CN1CCN(CC(=O)OC(C)(C)C)CCN(C2C(O[Si](C)(C)C(C)(C)C)CNC2C(=O)O)CCN(CC(=O)OC(C)(C)C)CC1. The Labute approximate surface area is 314 Å². The predicted octanol–water partition coefficient (Wildman–Crippen LogP) is 3.05. The Morgan fingerprint density at radius 1 is 0.615 bits per heavy atom. The summed E-state index contributed by atoms with van der Waals surface area (Å²) >= 11 is 0. The zero-order valence-corrected chi connectivity index (χ0v) is 35.7. The average Bonchev–Trinajstić information content (AvgIpc) is 3.32. The Morgan fingerprint density at radius 2 is 0.942 bits per heavy atom. The van der Waals surface area contributed by atoms with Crippen LogP contribution in [0.4, 0.5) is 0 Å². The third-order valence-electron chi connectivity index (χ3n) is 9.39. The lowest BCUT2D eigenvalue weighted by molar-refractivity contribution is -0.158. The molecule has 0 bridgehead atoms. The van der Waals surface area contributed by atoms with Gasteiger partial charge in [-0.1, -0.05) is 20.8 Å². The highest BCUT2D eigenvalue weighted by molar-refractivity contribution is 6.74. The molecule has 2 fully saturated rings. The summed E-state index contributed by atoms with van der Waals surface area (Å²) in [4.78, 5) is 60.1. The number of ether oxygens (including phenoxy) is 3. The summed E-state index contributed by atoms with van der Waals surface area (Å²) in [5.41, 5.74) is -1.96. The van der Waals surface area contributed by atoms with Crippen LogP contribution in [0.2, 0.25) is 18.1 Å². The molecular formula is C37H71N5O9Si. The number of aliphatic carboxylic acids is 1. The van der Waals surface area contributed by atoms with Crippen molar-refractivity contribution >= 4 is 32.2 Å². The van der Waals surface area contributed by atoms with Gasteiger partial charge in [-0.05, 0) is 80.4 Å². The van der Waals surface area contributed by atoms with E-state index >= 15 is 0 Å². The van der Waals surface area contributed by atoms with Crippen molar-refractivity contribution in [3.05, 3.63) is 0 Å². The van der Waals surface area contributed by atoms with Gasteiger partial charge in [-0.25, -0.2) is 0 Å². The van der Waals surface area contributed by atoms with Gasteiger partial charge < -0.3 is 29.1 Å². The van der Waals surface area contributed by atoms with Gasteiger partial charge in [-0.3, -0.25) is 38.8 Å². The summed E-state index contributed by atoms with van der Waals surface area (Å²) in [6.07, 6.45) is -0.377. The first-order chi connectivity index (χ1) is 23.5. The first kappa shape index (κ1) is 46.0. The fourth-order valence-corrected chi connectivity index (χ4v) is 7.37. The van der Waals surface area contributed by atoms with Crippen LogP contribution in [0.5, 0.6) is 0 Å². The maximum absolute atomic E-state index is 13.1. The fourth-order valence-electron chi connectivity index (χ4n) is 6.04. The second-order valence-electron chi connectivity index (χ2n) is 18.8. The molecule has 0 aliphatic carbocycles. The van der Waals surface area contributed by atoms with Crippen LogP contribution >= 0.6 is 0 Å². The molecule has 2 heterocycles. The van der Waals surface area contributed by atoms with Crippen LogP contribution in [0, 0.1) is 0 Å². The van der Waals surface area contributed by atoms with Crippen molar-refractivity contribution in [2.45, 2.75) is 136 Å². The van der Waals surface area contributed by atoms with Gasteiger partial charge in [0.15, 0.2) is 8.32 Å². The van der Waals surface area contributed by atoms with Crippen LogP contribution in [0.15, 0.2) is 0 Å². The van der Waals surface area contributed by atoms with E-state index in [0.717, 1.165) is 0 Å². The van der Waals surface area contributed by atoms with E-state index in [9.17, 15) is 24.3 Å². The number of rotatable bonds is 10. The molecule has 2 saturated heterocycles. The highest BCUT2D eigenvalue weighted by Gasteiger charge is 2.49. The molecule has 0 amide bonds. The Balaban J connectivity index is 2.52. The van der Waals surface area contributed by atoms with Gasteiger partial charge in [0.25, 0.3) is 0 Å². The number of hydrogen-bond donors (Lipinski definition) is 2. The summed E-state index contributed by atoms with van der Waals surface area (Å²) in [7, 11) is -2.29. The molecule has 2 aliphatic heterocycles. The van der Waals surface area contributed by atoms with Gasteiger partial charge >= 0.3 is 23.9 Å². The molecule has 3 unspecified atom stereocenters. The summed E-state index contributed by atoms with van der Waals surface area (Å²) in [5, 5.41) is 13.5. The van der Waals surface area contributed by atoms with E-state index in [0.29, 0.717) is 58.9 Å². The van der Waals surface area contributed by atoms with Gasteiger partial charge in [0, 0.05) is 58.9 Å². The van der Waals surface area contributed by atoms with Crippen LogP contribution in [0.3, 0.4) is 0 Å². The van der Waals surface area contributed by atoms with Crippen LogP contribution in [0.25, 0.3) is 0 Å². The molecule has 15 heteroatoms. The maximum atomic E-state index is 13.1. The number of carboxylic acids is 1. The average molecular weight is 758 g/mol. The predicted molar refractivity (Wildman–Crippen MR) is 204 cm³/mol. The molecule has 14 nitrogen and oxygen atoms in total. The molecule has 2 N–H and O–H groups in total. The number of carboxylic acid groups (broad SMARTS) is 1. The molecule has 0 aromatic carbocycles. The summed E-state index contributed by atoms with van der Waals surface area (Å²) in [6, 6.07) is -1.37. The van der Waals surface area contributed by atoms with Crippen molar-refractivity contribution in [1.82, 2.24) is 24.9 Å². The van der Waals surface area contributed by atoms with Gasteiger partial charge in [0.05, 0.1) is 31.8 Å². The molecule has 0 radical (unpaired) electrons. The van der Waals surface area contributed by atoms with Crippen LogP contribution in [-0.2, 0) is 37.8 Å². The number of nitrogens with one attached hydrogen (secondary N) is 1. The zero-order chi connectivity index (χ0) is 39.9. The van der Waals surface area contributed by atoms with E-state index in [-0.39, 0.29) is 48.7 Å². The Kier molecular flexibility index (Phi) is 16.3.